The molecule has 2 nitrogen and oxygen atoms in total. The molecule has 0 aliphatic rings. The first-order valence-electron chi connectivity index (χ1n) is 5.60. The third-order valence-corrected chi connectivity index (χ3v) is 3.18. The van der Waals surface area contributed by atoms with E-state index < -0.39 is 5.82 Å². The molecule has 0 amide bonds. The van der Waals surface area contributed by atoms with Crippen LogP contribution in [0.1, 0.15) is 11.1 Å². The first-order valence-corrected chi connectivity index (χ1v) is 6.38. The third-order valence-electron chi connectivity index (χ3n) is 2.71. The van der Waals surface area contributed by atoms with Crippen LogP contribution in [0.3, 0.4) is 0 Å². The highest BCUT2D eigenvalue weighted by molar-refractivity contribution is 7.80. The Morgan fingerprint density at radius 1 is 1.21 bits per heavy atom. The minimum Gasteiger partial charge on any atom is -0.389 e. The van der Waals surface area contributed by atoms with Crippen molar-refractivity contribution in [2.75, 3.05) is 5.32 Å². The lowest BCUT2D eigenvalue weighted by Crippen LogP contribution is -2.10. The summed E-state index contributed by atoms with van der Waals surface area (Å²) in [7, 11) is 0. The number of halogens is 2. The Morgan fingerprint density at radius 2 is 1.89 bits per heavy atom. The van der Waals surface area contributed by atoms with E-state index in [0.717, 1.165) is 11.3 Å². The SMILES string of the molecule is Cc1cc(Cl)ccc1Nc1ccc(C(N)=S)cc1F. The number of thiocarbonyl (C=S) groups is 1. The van der Waals surface area contributed by atoms with Gasteiger partial charge in [-0.05, 0) is 48.9 Å². The average molecular weight is 295 g/mol. The topological polar surface area (TPSA) is 38.0 Å². The van der Waals surface area contributed by atoms with Gasteiger partial charge in [0.15, 0.2) is 0 Å². The number of hydrogen-bond acceptors (Lipinski definition) is 2. The molecule has 0 unspecified atom stereocenters. The van der Waals surface area contributed by atoms with Gasteiger partial charge in [0.1, 0.15) is 10.8 Å². The van der Waals surface area contributed by atoms with Gasteiger partial charge in [0.2, 0.25) is 0 Å². The van der Waals surface area contributed by atoms with Gasteiger partial charge in [0.25, 0.3) is 0 Å². The molecular weight excluding hydrogens is 283 g/mol. The Balaban J connectivity index is 2.31. The zero-order valence-electron chi connectivity index (χ0n) is 10.2. The highest BCUT2D eigenvalue weighted by Crippen LogP contribution is 2.25. The number of nitrogens with one attached hydrogen (secondary N) is 1. The molecular formula is C14H12ClFN2S. The summed E-state index contributed by atoms with van der Waals surface area (Å²) >= 11 is 10.7. The van der Waals surface area contributed by atoms with Crippen LogP contribution < -0.4 is 11.1 Å². The van der Waals surface area contributed by atoms with Crippen molar-refractivity contribution < 1.29 is 4.39 Å². The Kier molecular flexibility index (Phi) is 4.02. The molecule has 3 N–H and O–H groups in total. The monoisotopic (exact) mass is 294 g/mol. The molecule has 0 saturated carbocycles. The minimum atomic E-state index is -0.403. The highest BCUT2D eigenvalue weighted by atomic mass is 35.5. The van der Waals surface area contributed by atoms with Gasteiger partial charge >= 0.3 is 0 Å². The summed E-state index contributed by atoms with van der Waals surface area (Å²) in [6.45, 7) is 1.90. The van der Waals surface area contributed by atoms with E-state index in [4.69, 9.17) is 29.6 Å². The Morgan fingerprint density at radius 3 is 2.47 bits per heavy atom. The summed E-state index contributed by atoms with van der Waals surface area (Å²) in [6.07, 6.45) is 0. The summed E-state index contributed by atoms with van der Waals surface area (Å²) in [5.74, 6) is -0.403. The number of hydrogen-bond donors (Lipinski definition) is 2. The summed E-state index contributed by atoms with van der Waals surface area (Å²) < 4.78 is 13.9. The molecule has 0 aromatic heterocycles. The predicted molar refractivity (Wildman–Crippen MR) is 81.8 cm³/mol. The Hall–Kier alpha value is -1.65. The molecule has 0 fully saturated rings. The maximum absolute atomic E-state index is 13.9. The zero-order chi connectivity index (χ0) is 14.0. The van der Waals surface area contributed by atoms with Gasteiger partial charge in [-0.3, -0.25) is 0 Å². The van der Waals surface area contributed by atoms with Crippen LogP contribution in [0, 0.1) is 12.7 Å². The third kappa shape index (κ3) is 3.22. The van der Waals surface area contributed by atoms with E-state index in [1.54, 1.807) is 24.3 Å². The van der Waals surface area contributed by atoms with Crippen LogP contribution in [0.25, 0.3) is 0 Å². The molecule has 0 atom stereocenters. The lowest BCUT2D eigenvalue weighted by Gasteiger charge is -2.11. The summed E-state index contributed by atoms with van der Waals surface area (Å²) in [4.78, 5) is 0.174. The molecule has 0 radical (unpaired) electrons. The molecule has 5 heteroatoms. The van der Waals surface area contributed by atoms with E-state index in [-0.39, 0.29) is 4.99 Å². The van der Waals surface area contributed by atoms with Gasteiger partial charge in [0, 0.05) is 16.3 Å². The van der Waals surface area contributed by atoms with E-state index in [1.807, 2.05) is 13.0 Å². The second-order valence-corrected chi connectivity index (χ2v) is 5.02. The number of nitrogens with two attached hydrogens (primary N) is 1. The van der Waals surface area contributed by atoms with E-state index in [0.29, 0.717) is 16.3 Å². The lowest BCUT2D eigenvalue weighted by atomic mass is 10.1. The normalized spacial score (nSPS) is 10.3. The molecule has 0 aliphatic heterocycles. The molecule has 0 spiro atoms. The van der Waals surface area contributed by atoms with Gasteiger partial charge < -0.3 is 11.1 Å². The molecule has 19 heavy (non-hydrogen) atoms. The van der Waals surface area contributed by atoms with Gasteiger partial charge in [-0.1, -0.05) is 23.8 Å². The van der Waals surface area contributed by atoms with Gasteiger partial charge in [0.05, 0.1) is 5.69 Å². The summed E-state index contributed by atoms with van der Waals surface area (Å²) in [5, 5.41) is 3.66. The molecule has 98 valence electrons. The maximum Gasteiger partial charge on any atom is 0.147 e. The van der Waals surface area contributed by atoms with E-state index in [1.165, 1.54) is 6.07 Å². The number of anilines is 2. The van der Waals surface area contributed by atoms with Crippen molar-refractivity contribution in [2.24, 2.45) is 5.73 Å². The largest absolute Gasteiger partial charge is 0.389 e. The molecule has 2 rings (SSSR count). The molecule has 0 saturated heterocycles. The van der Waals surface area contributed by atoms with Crippen LogP contribution >= 0.6 is 23.8 Å². The molecule has 0 aliphatic carbocycles. The van der Waals surface area contributed by atoms with Gasteiger partial charge in [-0.2, -0.15) is 0 Å². The first kappa shape index (κ1) is 13.8. The predicted octanol–water partition coefficient (Wildman–Crippen LogP) is 4.17. The van der Waals surface area contributed by atoms with Crippen molar-refractivity contribution in [1.82, 2.24) is 0 Å². The van der Waals surface area contributed by atoms with Gasteiger partial charge in [-0.15, -0.1) is 0 Å². The van der Waals surface area contributed by atoms with Crippen molar-refractivity contribution in [3.05, 3.63) is 58.4 Å². The van der Waals surface area contributed by atoms with E-state index >= 15 is 0 Å². The number of rotatable bonds is 3. The zero-order valence-corrected chi connectivity index (χ0v) is 11.8. The quantitative estimate of drug-likeness (QED) is 0.835. The highest BCUT2D eigenvalue weighted by Gasteiger charge is 2.07. The fourth-order valence-corrected chi connectivity index (χ4v) is 2.04. The average Bonchev–Trinajstić information content (AvgIpc) is 2.34. The van der Waals surface area contributed by atoms with Crippen LogP contribution in [0.4, 0.5) is 15.8 Å². The van der Waals surface area contributed by atoms with Crippen molar-refractivity contribution in [3.63, 3.8) is 0 Å². The summed E-state index contributed by atoms with van der Waals surface area (Å²) in [5.41, 5.74) is 8.06. The molecule has 0 heterocycles. The molecule has 0 bridgehead atoms. The van der Waals surface area contributed by atoms with E-state index in [2.05, 4.69) is 5.32 Å². The van der Waals surface area contributed by atoms with Crippen molar-refractivity contribution in [3.8, 4) is 0 Å². The Bertz CT molecular complexity index is 643. The van der Waals surface area contributed by atoms with Crippen LogP contribution in [0.15, 0.2) is 36.4 Å². The van der Waals surface area contributed by atoms with Crippen LogP contribution in [-0.2, 0) is 0 Å². The molecule has 2 aromatic carbocycles. The van der Waals surface area contributed by atoms with Crippen LogP contribution in [0.2, 0.25) is 5.02 Å². The number of aryl methyl sites for hydroxylation is 1. The fourth-order valence-electron chi connectivity index (χ4n) is 1.68. The Labute approximate surface area is 121 Å². The minimum absolute atomic E-state index is 0.174. The van der Waals surface area contributed by atoms with Crippen molar-refractivity contribution >= 4 is 40.2 Å². The summed E-state index contributed by atoms with van der Waals surface area (Å²) in [6, 6.07) is 9.97. The smallest absolute Gasteiger partial charge is 0.147 e. The van der Waals surface area contributed by atoms with E-state index in [9.17, 15) is 4.39 Å². The first-order chi connectivity index (χ1) is 8.97. The van der Waals surface area contributed by atoms with Crippen LogP contribution in [0.5, 0.6) is 0 Å². The van der Waals surface area contributed by atoms with Gasteiger partial charge in [-0.25, -0.2) is 4.39 Å². The maximum atomic E-state index is 13.9. The standard InChI is InChI=1S/C14H12ClFN2S/c1-8-6-10(15)3-5-12(8)18-13-4-2-9(14(17)19)7-11(13)16/h2-7,18H,1H3,(H2,17,19). The fraction of sp³-hybridized carbons (Fsp3) is 0.0714. The lowest BCUT2D eigenvalue weighted by molar-refractivity contribution is 0.631. The second kappa shape index (κ2) is 5.55. The number of benzene rings is 2. The van der Waals surface area contributed by atoms with Crippen LogP contribution in [-0.4, -0.2) is 4.99 Å². The van der Waals surface area contributed by atoms with Crippen molar-refractivity contribution in [1.29, 1.82) is 0 Å². The second-order valence-electron chi connectivity index (χ2n) is 4.14. The molecule has 2 aromatic rings. The van der Waals surface area contributed by atoms with Crippen molar-refractivity contribution in [2.45, 2.75) is 6.92 Å².